The highest BCUT2D eigenvalue weighted by Crippen LogP contribution is 2.14. The van der Waals surface area contributed by atoms with Gasteiger partial charge < -0.3 is 5.32 Å². The van der Waals surface area contributed by atoms with Crippen LogP contribution in [0, 0.1) is 8.80 Å². The zero-order valence-electron chi connectivity index (χ0n) is 7.30. The van der Waals surface area contributed by atoms with Crippen molar-refractivity contribution in [1.29, 1.82) is 0 Å². The van der Waals surface area contributed by atoms with Gasteiger partial charge in [-0.1, -0.05) is 13.8 Å². The van der Waals surface area contributed by atoms with Crippen LogP contribution in [0.1, 0.15) is 18.9 Å². The minimum absolute atomic E-state index is 0.712. The summed E-state index contributed by atoms with van der Waals surface area (Å²) in [7, 11) is 0. The Balaban J connectivity index is 2.24. The third kappa shape index (κ3) is 3.82. The highest BCUT2D eigenvalue weighted by Gasteiger charge is 1.98. The van der Waals surface area contributed by atoms with E-state index in [9.17, 15) is 0 Å². The fraction of sp³-hybridized carbons (Fsp3) is 0.625. The van der Waals surface area contributed by atoms with Gasteiger partial charge in [-0.2, -0.15) is 0 Å². The summed E-state index contributed by atoms with van der Waals surface area (Å²) in [5, 5.41) is 4.54. The average Bonchev–Trinajstić information content (AvgIpc) is 2.35. The van der Waals surface area contributed by atoms with Crippen LogP contribution in [0.2, 0.25) is 0 Å². The number of halogens is 1. The lowest BCUT2D eigenvalue weighted by Crippen LogP contribution is -2.18. The van der Waals surface area contributed by atoms with E-state index < -0.39 is 0 Å². The van der Waals surface area contributed by atoms with Crippen LogP contribution in [-0.2, 0) is 6.54 Å². The number of rotatable bonds is 4. The van der Waals surface area contributed by atoms with Crippen molar-refractivity contribution in [3.05, 3.63) is 14.1 Å². The molecule has 0 amide bonds. The van der Waals surface area contributed by atoms with Crippen molar-refractivity contribution in [2.45, 2.75) is 20.4 Å². The molecule has 0 bridgehead atoms. The molecule has 1 N–H and O–H groups in total. The van der Waals surface area contributed by atoms with Gasteiger partial charge in [-0.25, -0.2) is 4.98 Å². The third-order valence-electron chi connectivity index (χ3n) is 1.35. The Bertz CT molecular complexity index is 235. The normalized spacial score (nSPS) is 11.0. The fourth-order valence-electron chi connectivity index (χ4n) is 0.838. The summed E-state index contributed by atoms with van der Waals surface area (Å²) in [5.74, 6) is 0.712. The van der Waals surface area contributed by atoms with E-state index in [0.717, 1.165) is 13.1 Å². The molecule has 1 aromatic heterocycles. The molecule has 1 heterocycles. The monoisotopic (exact) mass is 296 g/mol. The molecule has 0 saturated carbocycles. The van der Waals surface area contributed by atoms with Gasteiger partial charge in [0.25, 0.3) is 0 Å². The maximum Gasteiger partial charge on any atom is 0.107 e. The zero-order valence-corrected chi connectivity index (χ0v) is 10.3. The molecule has 1 aromatic rings. The largest absolute Gasteiger partial charge is 0.310 e. The van der Waals surface area contributed by atoms with Crippen molar-refractivity contribution in [3.8, 4) is 0 Å². The summed E-state index contributed by atoms with van der Waals surface area (Å²) in [6, 6.07) is 0. The molecule has 0 fully saturated rings. The standard InChI is InChI=1S/C8H13IN2S/c1-6(2)3-10-5-8-11-4-7(9)12-8/h4,6,10H,3,5H2,1-2H3. The second kappa shape index (κ2) is 5.14. The van der Waals surface area contributed by atoms with Crippen LogP contribution in [0.15, 0.2) is 6.20 Å². The summed E-state index contributed by atoms with van der Waals surface area (Å²) in [6.07, 6.45) is 1.91. The molecule has 1 rings (SSSR count). The lowest BCUT2D eigenvalue weighted by molar-refractivity contribution is 0.551. The van der Waals surface area contributed by atoms with E-state index in [1.165, 1.54) is 7.89 Å². The van der Waals surface area contributed by atoms with Gasteiger partial charge in [-0.05, 0) is 35.1 Å². The zero-order chi connectivity index (χ0) is 8.97. The summed E-state index contributed by atoms with van der Waals surface area (Å²) < 4.78 is 1.26. The lowest BCUT2D eigenvalue weighted by atomic mass is 10.2. The molecule has 0 atom stereocenters. The van der Waals surface area contributed by atoms with Crippen molar-refractivity contribution in [2.75, 3.05) is 6.54 Å². The van der Waals surface area contributed by atoms with Crippen LogP contribution in [0.3, 0.4) is 0 Å². The molecule has 0 aliphatic carbocycles. The topological polar surface area (TPSA) is 24.9 Å². The maximum atomic E-state index is 4.26. The molecule has 0 unspecified atom stereocenters. The summed E-state index contributed by atoms with van der Waals surface area (Å²) in [4.78, 5) is 4.26. The third-order valence-corrected chi connectivity index (χ3v) is 3.08. The summed E-state index contributed by atoms with van der Waals surface area (Å²) in [5.41, 5.74) is 0. The van der Waals surface area contributed by atoms with E-state index in [0.29, 0.717) is 5.92 Å². The Kier molecular flexibility index (Phi) is 4.45. The van der Waals surface area contributed by atoms with Crippen molar-refractivity contribution in [2.24, 2.45) is 5.92 Å². The van der Waals surface area contributed by atoms with Gasteiger partial charge in [0, 0.05) is 6.54 Å². The number of hydrogen-bond donors (Lipinski definition) is 1. The molecule has 0 radical (unpaired) electrons. The summed E-state index contributed by atoms with van der Waals surface area (Å²) in [6.45, 7) is 6.39. The first kappa shape index (κ1) is 10.4. The predicted octanol–water partition coefficient (Wildman–Crippen LogP) is 2.49. The van der Waals surface area contributed by atoms with Gasteiger partial charge in [-0.15, -0.1) is 11.3 Å². The highest BCUT2D eigenvalue weighted by molar-refractivity contribution is 14.1. The van der Waals surface area contributed by atoms with Crippen LogP contribution in [0.5, 0.6) is 0 Å². The number of thiazole rings is 1. The Morgan fingerprint density at radius 1 is 1.67 bits per heavy atom. The molecule has 2 nitrogen and oxygen atoms in total. The Hall–Kier alpha value is 0.320. The van der Waals surface area contributed by atoms with Crippen molar-refractivity contribution < 1.29 is 0 Å². The molecule has 4 heteroatoms. The maximum absolute atomic E-state index is 4.26. The first-order valence-electron chi connectivity index (χ1n) is 3.99. The van der Waals surface area contributed by atoms with Gasteiger partial charge in [0.1, 0.15) is 5.01 Å². The lowest BCUT2D eigenvalue weighted by Gasteiger charge is -2.04. The minimum atomic E-state index is 0.712. The molecule has 0 aromatic carbocycles. The Morgan fingerprint density at radius 2 is 2.42 bits per heavy atom. The molecule has 0 aliphatic heterocycles. The number of nitrogens with one attached hydrogen (secondary N) is 1. The van der Waals surface area contributed by atoms with E-state index >= 15 is 0 Å². The first-order chi connectivity index (χ1) is 5.68. The van der Waals surface area contributed by atoms with E-state index in [2.05, 4.69) is 46.7 Å². The molecular formula is C8H13IN2S. The van der Waals surface area contributed by atoms with Crippen molar-refractivity contribution in [3.63, 3.8) is 0 Å². The van der Waals surface area contributed by atoms with Crippen molar-refractivity contribution in [1.82, 2.24) is 10.3 Å². The molecule has 0 aliphatic rings. The molecule has 0 spiro atoms. The minimum Gasteiger partial charge on any atom is -0.310 e. The highest BCUT2D eigenvalue weighted by atomic mass is 127. The predicted molar refractivity (Wildman–Crippen MR) is 61.4 cm³/mol. The first-order valence-corrected chi connectivity index (χ1v) is 5.89. The van der Waals surface area contributed by atoms with Crippen LogP contribution in [-0.4, -0.2) is 11.5 Å². The smallest absolute Gasteiger partial charge is 0.107 e. The quantitative estimate of drug-likeness (QED) is 0.864. The fourth-order valence-corrected chi connectivity index (χ4v) is 2.35. The van der Waals surface area contributed by atoms with E-state index in [4.69, 9.17) is 0 Å². The van der Waals surface area contributed by atoms with Gasteiger partial charge in [-0.3, -0.25) is 0 Å². The number of aromatic nitrogens is 1. The van der Waals surface area contributed by atoms with Crippen LogP contribution >= 0.6 is 33.9 Å². The van der Waals surface area contributed by atoms with Crippen LogP contribution < -0.4 is 5.32 Å². The molecule has 12 heavy (non-hydrogen) atoms. The summed E-state index contributed by atoms with van der Waals surface area (Å²) >= 11 is 4.05. The second-order valence-electron chi connectivity index (χ2n) is 3.08. The number of nitrogens with zero attached hydrogens (tertiary/aromatic N) is 1. The molecule has 0 saturated heterocycles. The molecular weight excluding hydrogens is 283 g/mol. The van der Waals surface area contributed by atoms with E-state index in [1.807, 2.05) is 6.20 Å². The van der Waals surface area contributed by atoms with Crippen LogP contribution in [0.25, 0.3) is 0 Å². The Labute approximate surface area is 90.9 Å². The van der Waals surface area contributed by atoms with Gasteiger partial charge >= 0.3 is 0 Å². The molecule has 68 valence electrons. The van der Waals surface area contributed by atoms with Gasteiger partial charge in [0.15, 0.2) is 0 Å². The van der Waals surface area contributed by atoms with Crippen LogP contribution in [0.4, 0.5) is 0 Å². The average molecular weight is 296 g/mol. The number of hydrogen-bond acceptors (Lipinski definition) is 3. The second-order valence-corrected chi connectivity index (χ2v) is 6.09. The van der Waals surface area contributed by atoms with Gasteiger partial charge in [0.05, 0.1) is 9.08 Å². The van der Waals surface area contributed by atoms with Gasteiger partial charge in [0.2, 0.25) is 0 Å². The Morgan fingerprint density at radius 3 is 2.92 bits per heavy atom. The SMILES string of the molecule is CC(C)CNCc1ncc(I)s1. The van der Waals surface area contributed by atoms with Crippen molar-refractivity contribution >= 4 is 33.9 Å². The van der Waals surface area contributed by atoms with E-state index in [1.54, 1.807) is 11.3 Å². The van der Waals surface area contributed by atoms with E-state index in [-0.39, 0.29) is 0 Å².